The van der Waals surface area contributed by atoms with E-state index in [1.807, 2.05) is 0 Å². The number of nitrogens with zero attached hydrogens (tertiary/aromatic N) is 2. The third kappa shape index (κ3) is 2.13. The number of alkyl halides is 3. The van der Waals surface area contributed by atoms with Crippen LogP contribution < -0.4 is 10.6 Å². The molecule has 2 N–H and O–H groups in total. The highest BCUT2D eigenvalue weighted by atomic mass is 19.4. The smallest absolute Gasteiger partial charge is 0.357 e. The largest absolute Gasteiger partial charge is 0.411 e. The Bertz CT molecular complexity index is 426. The fraction of sp³-hybridized carbons (Fsp3) is 0.600. The fourth-order valence-electron chi connectivity index (χ4n) is 1.52. The van der Waals surface area contributed by atoms with Crippen LogP contribution in [0.4, 0.5) is 24.9 Å². The van der Waals surface area contributed by atoms with Crippen LogP contribution >= 0.6 is 0 Å². The van der Waals surface area contributed by atoms with Crippen LogP contribution in [0.2, 0.25) is 0 Å². The minimum absolute atomic E-state index is 0.0921. The molecule has 1 aliphatic carbocycles. The summed E-state index contributed by atoms with van der Waals surface area (Å²) in [5, 5.41) is 5.19. The highest BCUT2D eigenvalue weighted by Gasteiger charge is 2.63. The predicted molar refractivity (Wildman–Crippen MR) is 58.0 cm³/mol. The molecule has 0 spiro atoms. The van der Waals surface area contributed by atoms with Gasteiger partial charge < -0.3 is 10.6 Å². The Hall–Kier alpha value is -1.53. The maximum Gasteiger partial charge on any atom is 0.411 e. The summed E-state index contributed by atoms with van der Waals surface area (Å²) < 4.78 is 38.3. The Labute approximate surface area is 96.7 Å². The third-order valence-corrected chi connectivity index (χ3v) is 2.85. The summed E-state index contributed by atoms with van der Waals surface area (Å²) in [6.07, 6.45) is -2.57. The van der Waals surface area contributed by atoms with E-state index in [1.165, 1.54) is 6.20 Å². The van der Waals surface area contributed by atoms with Gasteiger partial charge in [0.25, 0.3) is 0 Å². The molecule has 1 aromatic rings. The standard InChI is InChI=1S/C10H13F3N4/c1-6-5-15-8(14-2)16-7(6)17-9(3-4-9)10(11,12)13/h5H,3-4H2,1-2H3,(H2,14,15,16,17). The SMILES string of the molecule is CNc1ncc(C)c(NC2(C(F)(F)F)CC2)n1. The van der Waals surface area contributed by atoms with Crippen LogP contribution in [-0.2, 0) is 0 Å². The van der Waals surface area contributed by atoms with Crippen molar-refractivity contribution in [3.8, 4) is 0 Å². The van der Waals surface area contributed by atoms with Gasteiger partial charge in [-0.2, -0.15) is 18.2 Å². The molecule has 2 rings (SSSR count). The Morgan fingerprint density at radius 3 is 2.47 bits per heavy atom. The summed E-state index contributed by atoms with van der Waals surface area (Å²) in [6, 6.07) is 0. The molecule has 0 aliphatic heterocycles. The van der Waals surface area contributed by atoms with Crippen LogP contribution in [0.5, 0.6) is 0 Å². The van der Waals surface area contributed by atoms with Crippen LogP contribution in [0.25, 0.3) is 0 Å². The van der Waals surface area contributed by atoms with E-state index >= 15 is 0 Å². The van der Waals surface area contributed by atoms with E-state index in [1.54, 1.807) is 14.0 Å². The van der Waals surface area contributed by atoms with Gasteiger partial charge in [-0.1, -0.05) is 0 Å². The maximum absolute atomic E-state index is 12.8. The van der Waals surface area contributed by atoms with Gasteiger partial charge >= 0.3 is 6.18 Å². The van der Waals surface area contributed by atoms with Gasteiger partial charge in [0, 0.05) is 18.8 Å². The van der Waals surface area contributed by atoms with Crippen molar-refractivity contribution in [3.63, 3.8) is 0 Å². The molecule has 4 nitrogen and oxygen atoms in total. The minimum atomic E-state index is -4.25. The highest BCUT2D eigenvalue weighted by molar-refractivity contribution is 5.50. The number of anilines is 2. The molecule has 1 saturated carbocycles. The summed E-state index contributed by atoms with van der Waals surface area (Å²) >= 11 is 0. The molecule has 0 radical (unpaired) electrons. The second kappa shape index (κ2) is 3.75. The third-order valence-electron chi connectivity index (χ3n) is 2.85. The molecule has 0 saturated heterocycles. The molecule has 1 fully saturated rings. The second-order valence-electron chi connectivity index (χ2n) is 4.18. The molecule has 0 aromatic carbocycles. The normalized spacial score (nSPS) is 17.7. The first-order valence-electron chi connectivity index (χ1n) is 5.24. The average Bonchev–Trinajstić information content (AvgIpc) is 3.01. The van der Waals surface area contributed by atoms with Crippen molar-refractivity contribution in [3.05, 3.63) is 11.8 Å². The van der Waals surface area contributed by atoms with Gasteiger partial charge in [0.1, 0.15) is 11.4 Å². The number of hydrogen-bond donors (Lipinski definition) is 2. The topological polar surface area (TPSA) is 49.8 Å². The van der Waals surface area contributed by atoms with Gasteiger partial charge in [0.15, 0.2) is 0 Å². The first-order chi connectivity index (χ1) is 7.88. The summed E-state index contributed by atoms with van der Waals surface area (Å²) in [4.78, 5) is 7.92. The minimum Gasteiger partial charge on any atom is -0.357 e. The van der Waals surface area contributed by atoms with E-state index in [9.17, 15) is 13.2 Å². The zero-order chi connectivity index (χ0) is 12.7. The van der Waals surface area contributed by atoms with Crippen LogP contribution in [0, 0.1) is 6.92 Å². The van der Waals surface area contributed by atoms with E-state index < -0.39 is 11.7 Å². The Morgan fingerprint density at radius 1 is 1.35 bits per heavy atom. The lowest BCUT2D eigenvalue weighted by Crippen LogP contribution is -2.39. The average molecular weight is 246 g/mol. The Kier molecular flexibility index (Phi) is 2.63. The van der Waals surface area contributed by atoms with Crippen LogP contribution in [0.3, 0.4) is 0 Å². The van der Waals surface area contributed by atoms with Gasteiger partial charge in [0.05, 0.1) is 0 Å². The maximum atomic E-state index is 12.8. The van der Waals surface area contributed by atoms with Crippen LogP contribution in [0.1, 0.15) is 18.4 Å². The monoisotopic (exact) mass is 246 g/mol. The number of halogens is 3. The lowest BCUT2D eigenvalue weighted by molar-refractivity contribution is -0.151. The van der Waals surface area contributed by atoms with Crippen molar-refractivity contribution in [2.45, 2.75) is 31.5 Å². The van der Waals surface area contributed by atoms with Crippen molar-refractivity contribution < 1.29 is 13.2 Å². The lowest BCUT2D eigenvalue weighted by Gasteiger charge is -2.22. The fourth-order valence-corrected chi connectivity index (χ4v) is 1.52. The van der Waals surface area contributed by atoms with Gasteiger partial charge in [-0.25, -0.2) is 4.98 Å². The molecule has 17 heavy (non-hydrogen) atoms. The second-order valence-corrected chi connectivity index (χ2v) is 4.18. The predicted octanol–water partition coefficient (Wildman–Crippen LogP) is 2.33. The molecular formula is C10H13F3N4. The first-order valence-corrected chi connectivity index (χ1v) is 5.24. The summed E-state index contributed by atoms with van der Waals surface area (Å²) in [7, 11) is 1.62. The number of aryl methyl sites for hydroxylation is 1. The van der Waals surface area contributed by atoms with E-state index in [-0.39, 0.29) is 18.7 Å². The summed E-state index contributed by atoms with van der Waals surface area (Å²) in [5.74, 6) is 0.537. The number of aromatic nitrogens is 2. The van der Waals surface area contributed by atoms with Crippen molar-refractivity contribution in [2.75, 3.05) is 17.7 Å². The first kappa shape index (κ1) is 11.9. The van der Waals surface area contributed by atoms with Crippen molar-refractivity contribution in [1.82, 2.24) is 9.97 Å². The molecule has 0 bridgehead atoms. The summed E-state index contributed by atoms with van der Waals surface area (Å²) in [6.45, 7) is 1.67. The molecule has 94 valence electrons. The number of nitrogens with one attached hydrogen (secondary N) is 2. The number of rotatable bonds is 3. The van der Waals surface area contributed by atoms with Gasteiger partial charge in [-0.15, -0.1) is 0 Å². The molecule has 0 amide bonds. The molecule has 0 unspecified atom stereocenters. The van der Waals surface area contributed by atoms with E-state index in [2.05, 4.69) is 20.6 Å². The molecule has 1 aromatic heterocycles. The van der Waals surface area contributed by atoms with Crippen molar-refractivity contribution in [2.24, 2.45) is 0 Å². The molecule has 7 heteroatoms. The van der Waals surface area contributed by atoms with Gasteiger partial charge in [0.2, 0.25) is 5.95 Å². The van der Waals surface area contributed by atoms with Gasteiger partial charge in [-0.05, 0) is 19.8 Å². The Balaban J connectivity index is 2.25. The quantitative estimate of drug-likeness (QED) is 0.859. The zero-order valence-electron chi connectivity index (χ0n) is 9.52. The van der Waals surface area contributed by atoms with Crippen LogP contribution in [0.15, 0.2) is 6.20 Å². The van der Waals surface area contributed by atoms with Crippen molar-refractivity contribution in [1.29, 1.82) is 0 Å². The van der Waals surface area contributed by atoms with Gasteiger partial charge in [-0.3, -0.25) is 0 Å². The lowest BCUT2D eigenvalue weighted by atomic mass is 10.2. The highest BCUT2D eigenvalue weighted by Crippen LogP contribution is 2.51. The Morgan fingerprint density at radius 2 is 2.00 bits per heavy atom. The van der Waals surface area contributed by atoms with E-state index in [0.717, 1.165) is 0 Å². The van der Waals surface area contributed by atoms with E-state index in [4.69, 9.17) is 0 Å². The van der Waals surface area contributed by atoms with Crippen molar-refractivity contribution >= 4 is 11.8 Å². The van der Waals surface area contributed by atoms with Crippen LogP contribution in [-0.4, -0.2) is 28.7 Å². The molecule has 0 atom stereocenters. The number of hydrogen-bond acceptors (Lipinski definition) is 4. The van der Waals surface area contributed by atoms with E-state index in [0.29, 0.717) is 11.5 Å². The zero-order valence-corrected chi connectivity index (χ0v) is 9.52. The summed E-state index contributed by atoms with van der Waals surface area (Å²) in [5.41, 5.74) is -1.20. The molecule has 1 heterocycles. The molecule has 1 aliphatic rings. The molecular weight excluding hydrogens is 233 g/mol.